The van der Waals surface area contributed by atoms with Crippen molar-refractivity contribution >= 4 is 65.0 Å². The first-order valence-corrected chi connectivity index (χ1v) is 18.4. The molecule has 0 spiro atoms. The highest BCUT2D eigenvalue weighted by Crippen LogP contribution is 2.47. The number of para-hydroxylation sites is 2. The number of allylic oxidation sites excluding steroid dienone is 6. The highest BCUT2D eigenvalue weighted by molar-refractivity contribution is 6.29. The normalized spacial score (nSPS) is 11.9. The molecule has 0 bridgehead atoms. The van der Waals surface area contributed by atoms with Crippen LogP contribution in [0.25, 0.3) is 87.3 Å². The van der Waals surface area contributed by atoms with Gasteiger partial charge in [-0.25, -0.2) is 0 Å². The number of hydrogen-bond donors (Lipinski definition) is 0. The van der Waals surface area contributed by atoms with Crippen LogP contribution in [0.2, 0.25) is 0 Å². The maximum atomic E-state index is 6.58. The minimum atomic E-state index is 0.0722. The number of furan rings is 1. The van der Waals surface area contributed by atoms with Crippen molar-refractivity contribution in [2.75, 3.05) is 0 Å². The Hall–Kier alpha value is -6.18. The molecule has 1 nitrogen and oxygen atoms in total. The molecule has 0 N–H and O–H groups in total. The summed E-state index contributed by atoms with van der Waals surface area (Å²) in [4.78, 5) is 0. The maximum absolute atomic E-state index is 6.58. The number of benzene rings is 8. The third kappa shape index (κ3) is 6.67. The average molecular weight is 687 g/mol. The Morgan fingerprint density at radius 2 is 1.09 bits per heavy atom. The van der Waals surface area contributed by atoms with Gasteiger partial charge >= 0.3 is 0 Å². The van der Waals surface area contributed by atoms with Crippen LogP contribution in [0.5, 0.6) is 0 Å². The maximum Gasteiger partial charge on any atom is 0.143 e. The smallest absolute Gasteiger partial charge is 0.143 e. The minimum absolute atomic E-state index is 0.0722. The fraction of sp³-hybridized carbons (Fsp3) is 0.115. The molecule has 0 radical (unpaired) electrons. The van der Waals surface area contributed by atoms with E-state index in [0.717, 1.165) is 27.5 Å². The van der Waals surface area contributed by atoms with E-state index >= 15 is 0 Å². The average Bonchev–Trinajstić information content (AvgIpc) is 3.57. The van der Waals surface area contributed by atoms with E-state index in [1.54, 1.807) is 12.2 Å². The number of rotatable bonds is 4. The molecule has 8 aromatic carbocycles. The summed E-state index contributed by atoms with van der Waals surface area (Å²) in [5.74, 6) is 0. The van der Waals surface area contributed by atoms with E-state index < -0.39 is 0 Å². The second kappa shape index (κ2) is 14.8. The minimum Gasteiger partial charge on any atom is -0.455 e. The van der Waals surface area contributed by atoms with E-state index in [9.17, 15) is 0 Å². The molecule has 0 amide bonds. The Morgan fingerprint density at radius 3 is 1.75 bits per heavy atom. The van der Waals surface area contributed by atoms with Crippen LogP contribution in [-0.2, 0) is 5.41 Å². The molecule has 1 heteroatoms. The molecule has 0 saturated carbocycles. The molecule has 0 aliphatic heterocycles. The van der Waals surface area contributed by atoms with Crippen molar-refractivity contribution in [3.05, 3.63) is 183 Å². The molecule has 0 aliphatic rings. The summed E-state index contributed by atoms with van der Waals surface area (Å²) in [6.45, 7) is 17.6. The van der Waals surface area contributed by atoms with Gasteiger partial charge in [0, 0.05) is 16.3 Å². The van der Waals surface area contributed by atoms with E-state index in [1.807, 2.05) is 44.2 Å². The summed E-state index contributed by atoms with van der Waals surface area (Å²) >= 11 is 0. The van der Waals surface area contributed by atoms with Crippen LogP contribution in [0.15, 0.2) is 181 Å². The summed E-state index contributed by atoms with van der Waals surface area (Å²) in [6.07, 6.45) is 11.3. The lowest BCUT2D eigenvalue weighted by Crippen LogP contribution is -2.10. The van der Waals surface area contributed by atoms with Gasteiger partial charge in [0.25, 0.3) is 0 Å². The third-order valence-electron chi connectivity index (χ3n) is 10.00. The van der Waals surface area contributed by atoms with Crippen LogP contribution in [0, 0.1) is 0 Å². The SMILES string of the molecule is C/C=C\C=C/C.C=CC=C.CC(C)(C)c1cc2ccc3c(-c4ccc5ccccc5c4)cc(-c4cccc5c4oc4ccccc45)c4ccc(c1)c2c34. The molecule has 53 heavy (non-hydrogen) atoms. The van der Waals surface area contributed by atoms with Gasteiger partial charge in [-0.05, 0) is 103 Å². The van der Waals surface area contributed by atoms with Gasteiger partial charge in [0.05, 0.1) is 0 Å². The zero-order valence-corrected chi connectivity index (χ0v) is 31.4. The van der Waals surface area contributed by atoms with E-state index in [0.29, 0.717) is 0 Å². The highest BCUT2D eigenvalue weighted by atomic mass is 16.3. The summed E-state index contributed by atoms with van der Waals surface area (Å²) in [7, 11) is 0. The fourth-order valence-electron chi connectivity index (χ4n) is 7.35. The zero-order valence-electron chi connectivity index (χ0n) is 31.4. The molecule has 9 rings (SSSR count). The quantitative estimate of drug-likeness (QED) is 0.133. The van der Waals surface area contributed by atoms with E-state index in [4.69, 9.17) is 4.42 Å². The Kier molecular flexibility index (Phi) is 9.85. The third-order valence-corrected chi connectivity index (χ3v) is 10.00. The van der Waals surface area contributed by atoms with E-state index in [-0.39, 0.29) is 5.41 Å². The predicted octanol–water partition coefficient (Wildman–Crippen LogP) is 15.8. The van der Waals surface area contributed by atoms with Crippen molar-refractivity contribution in [2.45, 2.75) is 40.0 Å². The van der Waals surface area contributed by atoms with Gasteiger partial charge in [0.2, 0.25) is 0 Å². The van der Waals surface area contributed by atoms with Gasteiger partial charge in [0.15, 0.2) is 0 Å². The largest absolute Gasteiger partial charge is 0.455 e. The number of fused-ring (bicyclic) bond motifs is 4. The molecule has 9 aromatic rings. The van der Waals surface area contributed by atoms with Crippen molar-refractivity contribution in [3.63, 3.8) is 0 Å². The molecule has 1 aromatic heterocycles. The van der Waals surface area contributed by atoms with Gasteiger partial charge in [-0.2, -0.15) is 0 Å². The van der Waals surface area contributed by atoms with Crippen molar-refractivity contribution in [2.24, 2.45) is 0 Å². The van der Waals surface area contributed by atoms with Crippen LogP contribution >= 0.6 is 0 Å². The molecule has 260 valence electrons. The second-order valence-corrected chi connectivity index (χ2v) is 14.5. The summed E-state index contributed by atoms with van der Waals surface area (Å²) in [5, 5.41) is 12.6. The Balaban J connectivity index is 0.000000388. The topological polar surface area (TPSA) is 13.1 Å². The lowest BCUT2D eigenvalue weighted by atomic mass is 9.81. The fourth-order valence-corrected chi connectivity index (χ4v) is 7.35. The molecule has 0 atom stereocenters. The van der Waals surface area contributed by atoms with Gasteiger partial charge < -0.3 is 4.42 Å². The van der Waals surface area contributed by atoms with Gasteiger partial charge in [-0.3, -0.25) is 0 Å². The summed E-state index contributed by atoms with van der Waals surface area (Å²) in [6, 6.07) is 46.9. The van der Waals surface area contributed by atoms with Crippen molar-refractivity contribution in [1.82, 2.24) is 0 Å². The van der Waals surface area contributed by atoms with E-state index in [2.05, 4.69) is 155 Å². The van der Waals surface area contributed by atoms with Gasteiger partial charge in [-0.1, -0.05) is 180 Å². The van der Waals surface area contributed by atoms with Crippen molar-refractivity contribution in [3.8, 4) is 22.3 Å². The molecule has 0 aliphatic carbocycles. The van der Waals surface area contributed by atoms with Crippen LogP contribution < -0.4 is 0 Å². The first-order chi connectivity index (χ1) is 25.8. The lowest BCUT2D eigenvalue weighted by Gasteiger charge is -2.23. The lowest BCUT2D eigenvalue weighted by molar-refractivity contribution is 0.591. The van der Waals surface area contributed by atoms with Crippen LogP contribution in [0.3, 0.4) is 0 Å². The molecular weight excluding hydrogens is 641 g/mol. The molecule has 0 fully saturated rings. The molecule has 1 heterocycles. The summed E-state index contributed by atoms with van der Waals surface area (Å²) < 4.78 is 6.58. The Labute approximate surface area is 313 Å². The zero-order chi connectivity index (χ0) is 37.1. The van der Waals surface area contributed by atoms with Crippen LogP contribution in [0.4, 0.5) is 0 Å². The Morgan fingerprint density at radius 1 is 0.491 bits per heavy atom. The van der Waals surface area contributed by atoms with Crippen LogP contribution in [0.1, 0.15) is 40.2 Å². The standard InChI is InChI=1S/C42H30O.C6H10.C4H6/c1-42(2,3)30-22-28-17-19-32-36(27-16-15-25-9-4-5-10-26(25)21-27)24-37(33-20-18-29(23-30)39(28)40(32)33)35-13-8-12-34-31-11-6-7-14-38(31)43-41(34)35;1-3-5-6-4-2;1-3-4-2/h4-24H,1-3H3;3-6H,1-2H3;3-4H,1-2H2/b;5-3-,6-4-;. The first kappa shape index (κ1) is 35.2. The van der Waals surface area contributed by atoms with Crippen LogP contribution in [-0.4, -0.2) is 0 Å². The predicted molar refractivity (Wildman–Crippen MR) is 235 cm³/mol. The van der Waals surface area contributed by atoms with Gasteiger partial charge in [0.1, 0.15) is 11.2 Å². The van der Waals surface area contributed by atoms with E-state index in [1.165, 1.54) is 65.3 Å². The summed E-state index contributed by atoms with van der Waals surface area (Å²) in [5.41, 5.74) is 8.10. The second-order valence-electron chi connectivity index (χ2n) is 14.5. The van der Waals surface area contributed by atoms with Gasteiger partial charge in [-0.15, -0.1) is 0 Å². The molecular formula is C52H46O. The molecule has 0 unspecified atom stereocenters. The Bertz CT molecular complexity index is 2780. The van der Waals surface area contributed by atoms with Crippen molar-refractivity contribution < 1.29 is 4.42 Å². The number of hydrogen-bond acceptors (Lipinski definition) is 1. The highest BCUT2D eigenvalue weighted by Gasteiger charge is 2.22. The monoisotopic (exact) mass is 686 g/mol. The van der Waals surface area contributed by atoms with Crippen molar-refractivity contribution in [1.29, 1.82) is 0 Å². The molecule has 0 saturated heterocycles. The first-order valence-electron chi connectivity index (χ1n) is 18.4.